The minimum absolute atomic E-state index is 0.0150. The standard InChI is InChI=1S/C17H20N4O2/c22-16-11-14(12-21(16)13-15-5-1-2-6-18-15)17(23)19-7-10-20-8-3-4-9-20/h1-6,8-9,14H,7,10-13H2,(H,19,23)/t14-/m0/s1. The third-order valence-electron chi connectivity index (χ3n) is 4.00. The summed E-state index contributed by atoms with van der Waals surface area (Å²) in [4.78, 5) is 30.2. The first-order valence-electron chi connectivity index (χ1n) is 7.78. The lowest BCUT2D eigenvalue weighted by molar-refractivity contribution is -0.129. The van der Waals surface area contributed by atoms with Gasteiger partial charge in [-0.3, -0.25) is 14.6 Å². The minimum atomic E-state index is -0.268. The van der Waals surface area contributed by atoms with E-state index in [4.69, 9.17) is 0 Å². The quantitative estimate of drug-likeness (QED) is 0.867. The van der Waals surface area contributed by atoms with E-state index in [1.54, 1.807) is 11.1 Å². The van der Waals surface area contributed by atoms with Crippen LogP contribution in [-0.4, -0.2) is 39.4 Å². The van der Waals surface area contributed by atoms with Crippen molar-refractivity contribution in [2.45, 2.75) is 19.5 Å². The van der Waals surface area contributed by atoms with Crippen LogP contribution in [0.4, 0.5) is 0 Å². The maximum absolute atomic E-state index is 12.2. The SMILES string of the molecule is O=C(NCCn1cccc1)[C@H]1CC(=O)N(Cc2ccccn2)C1. The van der Waals surface area contributed by atoms with E-state index in [-0.39, 0.29) is 24.2 Å². The van der Waals surface area contributed by atoms with Gasteiger partial charge >= 0.3 is 0 Å². The molecule has 1 saturated heterocycles. The number of likely N-dealkylation sites (tertiary alicyclic amines) is 1. The molecular weight excluding hydrogens is 292 g/mol. The highest BCUT2D eigenvalue weighted by Crippen LogP contribution is 2.19. The van der Waals surface area contributed by atoms with Gasteiger partial charge in [-0.25, -0.2) is 0 Å². The van der Waals surface area contributed by atoms with Crippen LogP contribution in [0, 0.1) is 5.92 Å². The fraction of sp³-hybridized carbons (Fsp3) is 0.353. The maximum atomic E-state index is 12.2. The second-order valence-corrected chi connectivity index (χ2v) is 5.71. The summed E-state index contributed by atoms with van der Waals surface area (Å²) in [5.41, 5.74) is 0.842. The van der Waals surface area contributed by atoms with Crippen molar-refractivity contribution in [1.29, 1.82) is 0 Å². The zero-order valence-electron chi connectivity index (χ0n) is 12.9. The molecular formula is C17H20N4O2. The van der Waals surface area contributed by atoms with Crippen molar-refractivity contribution in [3.05, 3.63) is 54.6 Å². The Hall–Kier alpha value is -2.63. The number of hydrogen-bond donors (Lipinski definition) is 1. The van der Waals surface area contributed by atoms with Crippen LogP contribution >= 0.6 is 0 Å². The van der Waals surface area contributed by atoms with Crippen LogP contribution in [0.15, 0.2) is 48.9 Å². The summed E-state index contributed by atoms with van der Waals surface area (Å²) in [5.74, 6) is -0.300. The predicted octanol–water partition coefficient (Wildman–Crippen LogP) is 1.05. The number of amides is 2. The van der Waals surface area contributed by atoms with Crippen molar-refractivity contribution in [2.75, 3.05) is 13.1 Å². The second kappa shape index (κ2) is 7.09. The van der Waals surface area contributed by atoms with Gasteiger partial charge in [0.25, 0.3) is 0 Å². The van der Waals surface area contributed by atoms with Gasteiger partial charge in [-0.05, 0) is 24.3 Å². The molecule has 3 heterocycles. The topological polar surface area (TPSA) is 67.2 Å². The summed E-state index contributed by atoms with van der Waals surface area (Å²) in [7, 11) is 0. The highest BCUT2D eigenvalue weighted by Gasteiger charge is 2.34. The smallest absolute Gasteiger partial charge is 0.225 e. The third-order valence-corrected chi connectivity index (χ3v) is 4.00. The van der Waals surface area contributed by atoms with Gasteiger partial charge in [-0.15, -0.1) is 0 Å². The largest absolute Gasteiger partial charge is 0.354 e. The number of rotatable bonds is 6. The zero-order valence-corrected chi connectivity index (χ0v) is 12.9. The summed E-state index contributed by atoms with van der Waals surface area (Å²) >= 11 is 0. The van der Waals surface area contributed by atoms with E-state index >= 15 is 0 Å². The van der Waals surface area contributed by atoms with E-state index in [0.717, 1.165) is 12.2 Å². The number of nitrogens with one attached hydrogen (secondary N) is 1. The molecule has 6 heteroatoms. The molecule has 0 aliphatic carbocycles. The van der Waals surface area contributed by atoms with Crippen LogP contribution in [0.1, 0.15) is 12.1 Å². The highest BCUT2D eigenvalue weighted by molar-refractivity contribution is 5.89. The minimum Gasteiger partial charge on any atom is -0.354 e. The van der Waals surface area contributed by atoms with Crippen LogP contribution in [0.2, 0.25) is 0 Å². The molecule has 0 bridgehead atoms. The van der Waals surface area contributed by atoms with Crippen molar-refractivity contribution in [3.63, 3.8) is 0 Å². The number of hydrogen-bond acceptors (Lipinski definition) is 3. The van der Waals surface area contributed by atoms with Gasteiger partial charge in [0.2, 0.25) is 11.8 Å². The second-order valence-electron chi connectivity index (χ2n) is 5.71. The lowest BCUT2D eigenvalue weighted by Gasteiger charge is -2.16. The monoisotopic (exact) mass is 312 g/mol. The summed E-state index contributed by atoms with van der Waals surface area (Å²) < 4.78 is 2.01. The van der Waals surface area contributed by atoms with Gasteiger partial charge in [-0.2, -0.15) is 0 Å². The maximum Gasteiger partial charge on any atom is 0.225 e. The first-order valence-corrected chi connectivity index (χ1v) is 7.78. The van der Waals surface area contributed by atoms with Crippen LogP contribution in [0.25, 0.3) is 0 Å². The Morgan fingerprint density at radius 2 is 2.09 bits per heavy atom. The molecule has 6 nitrogen and oxygen atoms in total. The number of pyridine rings is 1. The van der Waals surface area contributed by atoms with Crippen LogP contribution in [0.5, 0.6) is 0 Å². The van der Waals surface area contributed by atoms with Crippen LogP contribution in [0.3, 0.4) is 0 Å². The molecule has 1 aliphatic heterocycles. The van der Waals surface area contributed by atoms with Crippen LogP contribution in [-0.2, 0) is 22.7 Å². The Balaban J connectivity index is 1.47. The fourth-order valence-corrected chi connectivity index (χ4v) is 2.76. The number of aromatic nitrogens is 2. The molecule has 3 rings (SSSR count). The Kier molecular flexibility index (Phi) is 4.71. The van der Waals surface area contributed by atoms with Gasteiger partial charge < -0.3 is 14.8 Å². The summed E-state index contributed by atoms with van der Waals surface area (Å²) in [6.07, 6.45) is 5.91. The molecule has 1 aliphatic rings. The van der Waals surface area contributed by atoms with Gasteiger partial charge in [0, 0.05) is 44.6 Å². The molecule has 1 N–H and O–H groups in total. The van der Waals surface area contributed by atoms with Crippen LogP contribution < -0.4 is 5.32 Å². The molecule has 0 saturated carbocycles. The Labute approximate surface area is 135 Å². The highest BCUT2D eigenvalue weighted by atomic mass is 16.2. The number of carbonyl (C=O) groups excluding carboxylic acids is 2. The molecule has 120 valence electrons. The van der Waals surface area contributed by atoms with Crippen molar-refractivity contribution in [3.8, 4) is 0 Å². The van der Waals surface area contributed by atoms with E-state index < -0.39 is 0 Å². The summed E-state index contributed by atoms with van der Waals surface area (Å²) in [5, 5.41) is 2.91. The van der Waals surface area contributed by atoms with Gasteiger partial charge in [-0.1, -0.05) is 6.07 Å². The molecule has 0 spiro atoms. The predicted molar refractivity (Wildman–Crippen MR) is 85.2 cm³/mol. The Bertz CT molecular complexity index is 654. The Morgan fingerprint density at radius 1 is 1.26 bits per heavy atom. The first kappa shape index (κ1) is 15.3. The molecule has 1 fully saturated rings. The molecule has 0 aromatic carbocycles. The molecule has 2 aromatic heterocycles. The lowest BCUT2D eigenvalue weighted by atomic mass is 10.1. The average molecular weight is 312 g/mol. The lowest BCUT2D eigenvalue weighted by Crippen LogP contribution is -2.34. The normalized spacial score (nSPS) is 17.5. The average Bonchev–Trinajstić information content (AvgIpc) is 3.19. The molecule has 2 aromatic rings. The van der Waals surface area contributed by atoms with E-state index in [2.05, 4.69) is 10.3 Å². The summed E-state index contributed by atoms with van der Waals surface area (Å²) in [6.45, 7) is 2.23. The molecule has 0 unspecified atom stereocenters. The van der Waals surface area contributed by atoms with Gasteiger partial charge in [0.15, 0.2) is 0 Å². The molecule has 1 atom stereocenters. The van der Waals surface area contributed by atoms with Crippen molar-refractivity contribution < 1.29 is 9.59 Å². The fourth-order valence-electron chi connectivity index (χ4n) is 2.76. The van der Waals surface area contributed by atoms with Gasteiger partial charge in [0.05, 0.1) is 18.2 Å². The molecule has 0 radical (unpaired) electrons. The van der Waals surface area contributed by atoms with Crippen molar-refractivity contribution in [2.24, 2.45) is 5.92 Å². The number of nitrogens with zero attached hydrogens (tertiary/aromatic N) is 3. The Morgan fingerprint density at radius 3 is 2.83 bits per heavy atom. The van der Waals surface area contributed by atoms with E-state index in [1.165, 1.54) is 0 Å². The third kappa shape index (κ3) is 3.97. The van der Waals surface area contributed by atoms with Crippen molar-refractivity contribution >= 4 is 11.8 Å². The van der Waals surface area contributed by atoms with Crippen molar-refractivity contribution in [1.82, 2.24) is 19.8 Å². The number of carbonyl (C=O) groups is 2. The van der Waals surface area contributed by atoms with E-state index in [9.17, 15) is 9.59 Å². The first-order chi connectivity index (χ1) is 11.2. The van der Waals surface area contributed by atoms with E-state index in [1.807, 2.05) is 47.3 Å². The van der Waals surface area contributed by atoms with E-state index in [0.29, 0.717) is 19.6 Å². The summed E-state index contributed by atoms with van der Waals surface area (Å²) in [6, 6.07) is 9.53. The zero-order chi connectivity index (χ0) is 16.1. The molecule has 2 amide bonds. The molecule has 23 heavy (non-hydrogen) atoms. The van der Waals surface area contributed by atoms with Gasteiger partial charge in [0.1, 0.15) is 0 Å².